The average molecular weight is 366 g/mol. The Labute approximate surface area is 156 Å². The zero-order chi connectivity index (χ0) is 19.6. The third kappa shape index (κ3) is 4.05. The predicted octanol–water partition coefficient (Wildman–Crippen LogP) is 2.14. The minimum Gasteiger partial charge on any atom is -0.378 e. The first-order valence-electron chi connectivity index (χ1n) is 8.63. The van der Waals surface area contributed by atoms with E-state index in [-0.39, 0.29) is 17.4 Å². The first-order chi connectivity index (χ1) is 12.9. The van der Waals surface area contributed by atoms with Crippen molar-refractivity contribution in [2.75, 3.05) is 24.3 Å². The van der Waals surface area contributed by atoms with Gasteiger partial charge < -0.3 is 10.2 Å². The predicted molar refractivity (Wildman–Crippen MR) is 105 cm³/mol. The van der Waals surface area contributed by atoms with E-state index in [0.29, 0.717) is 29.2 Å². The highest BCUT2D eigenvalue weighted by atomic mass is 16.1. The van der Waals surface area contributed by atoms with Gasteiger partial charge in [-0.25, -0.2) is 4.98 Å². The first kappa shape index (κ1) is 18.4. The van der Waals surface area contributed by atoms with Gasteiger partial charge in [-0.2, -0.15) is 9.78 Å². The summed E-state index contributed by atoms with van der Waals surface area (Å²) in [7, 11) is 3.88. The van der Waals surface area contributed by atoms with Crippen LogP contribution in [0.15, 0.2) is 41.2 Å². The lowest BCUT2D eigenvalue weighted by Crippen LogP contribution is -2.19. The van der Waals surface area contributed by atoms with Gasteiger partial charge in [0.25, 0.3) is 11.5 Å². The molecule has 0 saturated heterocycles. The number of anilines is 2. The van der Waals surface area contributed by atoms with Gasteiger partial charge in [-0.05, 0) is 37.6 Å². The normalized spacial score (nSPS) is 10.7. The van der Waals surface area contributed by atoms with Crippen molar-refractivity contribution in [3.8, 4) is 5.95 Å². The van der Waals surface area contributed by atoms with Crippen LogP contribution in [0.25, 0.3) is 5.95 Å². The smallest absolute Gasteiger partial charge is 0.256 e. The number of H-pyrrole nitrogens is 1. The molecule has 3 rings (SSSR count). The lowest BCUT2D eigenvalue weighted by molar-refractivity contribution is 0.102. The molecule has 3 aromatic rings. The molecule has 8 heteroatoms. The number of hydrogen-bond acceptors (Lipinski definition) is 5. The SMILES string of the molecule is CCc1cc(=O)[nH]c(-n2nc(C)cc2NC(=O)c2ccc(N(C)C)cc2)n1. The molecule has 0 radical (unpaired) electrons. The number of rotatable bonds is 5. The van der Waals surface area contributed by atoms with Gasteiger partial charge in [-0.15, -0.1) is 0 Å². The molecule has 1 aromatic carbocycles. The summed E-state index contributed by atoms with van der Waals surface area (Å²) in [5, 5.41) is 7.18. The highest BCUT2D eigenvalue weighted by Gasteiger charge is 2.14. The Morgan fingerprint density at radius 2 is 1.93 bits per heavy atom. The molecular formula is C19H22N6O2. The topological polar surface area (TPSA) is 95.9 Å². The van der Waals surface area contributed by atoms with Crippen LogP contribution < -0.4 is 15.8 Å². The second-order valence-electron chi connectivity index (χ2n) is 6.39. The molecule has 2 heterocycles. The van der Waals surface area contributed by atoms with Crippen molar-refractivity contribution in [3.05, 3.63) is 63.7 Å². The van der Waals surface area contributed by atoms with Crippen LogP contribution in [-0.4, -0.2) is 39.8 Å². The van der Waals surface area contributed by atoms with Gasteiger partial charge in [0, 0.05) is 43.2 Å². The lowest BCUT2D eigenvalue weighted by Gasteiger charge is -2.13. The van der Waals surface area contributed by atoms with E-state index in [2.05, 4.69) is 20.4 Å². The highest BCUT2D eigenvalue weighted by Crippen LogP contribution is 2.17. The fourth-order valence-corrected chi connectivity index (χ4v) is 2.62. The van der Waals surface area contributed by atoms with Crippen LogP contribution in [0.3, 0.4) is 0 Å². The number of aromatic nitrogens is 4. The molecular weight excluding hydrogens is 344 g/mol. The second kappa shape index (κ2) is 7.45. The first-order valence-corrected chi connectivity index (χ1v) is 8.63. The summed E-state index contributed by atoms with van der Waals surface area (Å²) in [5.41, 5.74) is 2.61. The third-order valence-electron chi connectivity index (χ3n) is 4.06. The van der Waals surface area contributed by atoms with Crippen LogP contribution in [0.4, 0.5) is 11.5 Å². The van der Waals surface area contributed by atoms with E-state index < -0.39 is 0 Å². The molecule has 0 unspecified atom stereocenters. The van der Waals surface area contributed by atoms with E-state index in [1.54, 1.807) is 25.1 Å². The molecule has 0 aliphatic rings. The summed E-state index contributed by atoms with van der Waals surface area (Å²) >= 11 is 0. The van der Waals surface area contributed by atoms with Gasteiger partial charge in [0.05, 0.1) is 5.69 Å². The van der Waals surface area contributed by atoms with Crippen molar-refractivity contribution in [3.63, 3.8) is 0 Å². The quantitative estimate of drug-likeness (QED) is 0.721. The lowest BCUT2D eigenvalue weighted by atomic mass is 10.2. The van der Waals surface area contributed by atoms with Crippen LogP contribution in [0.1, 0.15) is 28.7 Å². The van der Waals surface area contributed by atoms with E-state index in [0.717, 1.165) is 5.69 Å². The fraction of sp³-hybridized carbons (Fsp3) is 0.263. The Balaban J connectivity index is 1.91. The molecule has 2 aromatic heterocycles. The number of aromatic amines is 1. The van der Waals surface area contributed by atoms with E-state index in [4.69, 9.17) is 0 Å². The number of carbonyl (C=O) groups is 1. The molecule has 0 bridgehead atoms. The van der Waals surface area contributed by atoms with Crippen LogP contribution >= 0.6 is 0 Å². The maximum atomic E-state index is 12.6. The van der Waals surface area contributed by atoms with Crippen molar-refractivity contribution >= 4 is 17.4 Å². The summed E-state index contributed by atoms with van der Waals surface area (Å²) in [6, 6.07) is 10.4. The third-order valence-corrected chi connectivity index (χ3v) is 4.06. The molecule has 1 amide bonds. The number of nitrogens with one attached hydrogen (secondary N) is 2. The molecule has 0 aliphatic heterocycles. The maximum Gasteiger partial charge on any atom is 0.256 e. The minimum absolute atomic E-state index is 0.262. The Morgan fingerprint density at radius 3 is 2.56 bits per heavy atom. The van der Waals surface area contributed by atoms with Gasteiger partial charge in [-0.1, -0.05) is 6.92 Å². The van der Waals surface area contributed by atoms with Gasteiger partial charge in [-0.3, -0.25) is 14.6 Å². The second-order valence-corrected chi connectivity index (χ2v) is 6.39. The molecule has 0 fully saturated rings. The van der Waals surface area contributed by atoms with Crippen molar-refractivity contribution in [2.45, 2.75) is 20.3 Å². The van der Waals surface area contributed by atoms with Crippen molar-refractivity contribution in [1.82, 2.24) is 19.7 Å². The van der Waals surface area contributed by atoms with Crippen LogP contribution in [0.5, 0.6) is 0 Å². The van der Waals surface area contributed by atoms with Gasteiger partial charge in [0.1, 0.15) is 5.82 Å². The molecule has 0 aliphatic carbocycles. The molecule has 8 nitrogen and oxygen atoms in total. The Bertz CT molecular complexity index is 1020. The number of nitrogens with zero attached hydrogens (tertiary/aromatic N) is 4. The number of aryl methyl sites for hydroxylation is 2. The summed E-state index contributed by atoms with van der Waals surface area (Å²) in [4.78, 5) is 33.5. The summed E-state index contributed by atoms with van der Waals surface area (Å²) in [6.07, 6.45) is 0.622. The van der Waals surface area contributed by atoms with E-state index in [1.807, 2.05) is 38.1 Å². The van der Waals surface area contributed by atoms with Gasteiger partial charge in [0.15, 0.2) is 0 Å². The van der Waals surface area contributed by atoms with Crippen molar-refractivity contribution in [2.24, 2.45) is 0 Å². The monoisotopic (exact) mass is 366 g/mol. The summed E-state index contributed by atoms with van der Waals surface area (Å²) in [6.45, 7) is 3.72. The Hall–Kier alpha value is -3.42. The van der Waals surface area contributed by atoms with Gasteiger partial charge in [0.2, 0.25) is 5.95 Å². The number of amides is 1. The number of carbonyl (C=O) groups excluding carboxylic acids is 1. The van der Waals surface area contributed by atoms with Crippen molar-refractivity contribution < 1.29 is 4.79 Å². The minimum atomic E-state index is -0.268. The molecule has 0 saturated carbocycles. The fourth-order valence-electron chi connectivity index (χ4n) is 2.62. The van der Waals surface area contributed by atoms with E-state index >= 15 is 0 Å². The summed E-state index contributed by atoms with van der Waals surface area (Å²) in [5.74, 6) is 0.437. The average Bonchev–Trinajstić information content (AvgIpc) is 3.01. The van der Waals surface area contributed by atoms with Crippen molar-refractivity contribution in [1.29, 1.82) is 0 Å². The summed E-state index contributed by atoms with van der Waals surface area (Å²) < 4.78 is 1.43. The molecule has 0 spiro atoms. The molecule has 27 heavy (non-hydrogen) atoms. The van der Waals surface area contributed by atoms with E-state index in [9.17, 15) is 9.59 Å². The van der Waals surface area contributed by atoms with Crippen LogP contribution in [0, 0.1) is 6.92 Å². The van der Waals surface area contributed by atoms with Crippen LogP contribution in [-0.2, 0) is 6.42 Å². The maximum absolute atomic E-state index is 12.6. The zero-order valence-corrected chi connectivity index (χ0v) is 15.8. The Kier molecular flexibility index (Phi) is 5.07. The van der Waals surface area contributed by atoms with Gasteiger partial charge >= 0.3 is 0 Å². The number of benzene rings is 1. The van der Waals surface area contributed by atoms with E-state index in [1.165, 1.54) is 10.7 Å². The Morgan fingerprint density at radius 1 is 1.22 bits per heavy atom. The molecule has 140 valence electrons. The molecule has 0 atom stereocenters. The largest absolute Gasteiger partial charge is 0.378 e. The standard InChI is InChI=1S/C19H22N6O2/c1-5-14-11-17(26)22-19(20-14)25-16(10-12(2)23-25)21-18(27)13-6-8-15(9-7-13)24(3)4/h6-11H,5H2,1-4H3,(H,21,27)(H,20,22,26). The number of hydrogen-bond donors (Lipinski definition) is 2. The zero-order valence-electron chi connectivity index (χ0n) is 15.8. The highest BCUT2D eigenvalue weighted by molar-refractivity contribution is 6.04. The molecule has 2 N–H and O–H groups in total. The van der Waals surface area contributed by atoms with Crippen LogP contribution in [0.2, 0.25) is 0 Å².